The highest BCUT2D eigenvalue weighted by atomic mass is 79.9. The molecule has 2 heteroatoms. The molecule has 2 aromatic carbocycles. The van der Waals surface area contributed by atoms with Crippen LogP contribution in [0.3, 0.4) is 0 Å². The third kappa shape index (κ3) is 3.44. The van der Waals surface area contributed by atoms with Crippen molar-refractivity contribution in [1.29, 1.82) is 0 Å². The average molecular weight is 289 g/mol. The molecule has 0 amide bonds. The van der Waals surface area contributed by atoms with Crippen LogP contribution >= 0.6 is 27.7 Å². The van der Waals surface area contributed by atoms with Crippen molar-refractivity contribution in [2.45, 2.75) is 4.90 Å². The van der Waals surface area contributed by atoms with E-state index in [0.29, 0.717) is 0 Å². The minimum atomic E-state index is 1.05. The molecule has 0 bridgehead atoms. The predicted molar refractivity (Wildman–Crippen MR) is 73.3 cm³/mol. The van der Waals surface area contributed by atoms with E-state index in [2.05, 4.69) is 39.2 Å². The van der Waals surface area contributed by atoms with E-state index >= 15 is 0 Å². The zero-order valence-electron chi connectivity index (χ0n) is 8.48. The molecule has 0 atom stereocenters. The molecule has 0 saturated heterocycles. The lowest BCUT2D eigenvalue weighted by atomic mass is 10.2. The van der Waals surface area contributed by atoms with Crippen molar-refractivity contribution in [3.8, 4) is 11.2 Å². The first-order chi connectivity index (χ1) is 7.84. The van der Waals surface area contributed by atoms with Gasteiger partial charge in [-0.3, -0.25) is 0 Å². The maximum absolute atomic E-state index is 3.41. The van der Waals surface area contributed by atoms with Crippen molar-refractivity contribution in [1.82, 2.24) is 0 Å². The molecule has 0 nitrogen and oxygen atoms in total. The molecule has 2 aromatic rings. The standard InChI is InChI=1S/C14H9BrS/c15-13-6-8-14(9-7-13)16-11-10-12-4-2-1-3-5-12/h1-9H. The Bertz CT molecular complexity index is 506. The second-order valence-corrected chi connectivity index (χ2v) is 4.94. The molecule has 0 aliphatic rings. The lowest BCUT2D eigenvalue weighted by Gasteiger charge is -1.93. The van der Waals surface area contributed by atoms with Crippen molar-refractivity contribution < 1.29 is 0 Å². The van der Waals surface area contributed by atoms with Crippen LogP contribution in [-0.2, 0) is 0 Å². The van der Waals surface area contributed by atoms with Crippen LogP contribution in [0.2, 0.25) is 0 Å². The highest BCUT2D eigenvalue weighted by Gasteiger charge is 1.90. The maximum Gasteiger partial charge on any atom is 0.0254 e. The Hall–Kier alpha value is -1.17. The van der Waals surface area contributed by atoms with E-state index in [1.54, 1.807) is 11.8 Å². The molecule has 0 saturated carbocycles. The first-order valence-corrected chi connectivity index (χ1v) is 6.44. The van der Waals surface area contributed by atoms with Gasteiger partial charge in [-0.15, -0.1) is 0 Å². The Morgan fingerprint density at radius 1 is 0.875 bits per heavy atom. The Kier molecular flexibility index (Phi) is 4.10. The largest absolute Gasteiger partial charge is 0.0622 e. The van der Waals surface area contributed by atoms with E-state index in [0.717, 1.165) is 14.9 Å². The molecule has 0 heterocycles. The van der Waals surface area contributed by atoms with Gasteiger partial charge in [-0.25, -0.2) is 0 Å². The topological polar surface area (TPSA) is 0 Å². The number of hydrogen-bond donors (Lipinski definition) is 0. The number of hydrogen-bond acceptors (Lipinski definition) is 1. The molecular weight excluding hydrogens is 280 g/mol. The average Bonchev–Trinajstić information content (AvgIpc) is 2.33. The Morgan fingerprint density at radius 3 is 2.25 bits per heavy atom. The van der Waals surface area contributed by atoms with Gasteiger partial charge in [0.25, 0.3) is 0 Å². The molecule has 0 spiro atoms. The van der Waals surface area contributed by atoms with E-state index in [1.165, 1.54) is 0 Å². The summed E-state index contributed by atoms with van der Waals surface area (Å²) in [4.78, 5) is 1.16. The number of thioether (sulfide) groups is 1. The predicted octanol–water partition coefficient (Wildman–Crippen LogP) is 4.55. The zero-order chi connectivity index (χ0) is 11.2. The molecule has 0 aromatic heterocycles. The second kappa shape index (κ2) is 5.79. The molecule has 0 unspecified atom stereocenters. The summed E-state index contributed by atoms with van der Waals surface area (Å²) in [6.45, 7) is 0. The highest BCUT2D eigenvalue weighted by molar-refractivity contribution is 9.10. The zero-order valence-corrected chi connectivity index (χ0v) is 10.9. The molecule has 0 aliphatic carbocycles. The monoisotopic (exact) mass is 288 g/mol. The molecule has 16 heavy (non-hydrogen) atoms. The van der Waals surface area contributed by atoms with Crippen molar-refractivity contribution in [3.63, 3.8) is 0 Å². The van der Waals surface area contributed by atoms with Gasteiger partial charge in [0.15, 0.2) is 0 Å². The van der Waals surface area contributed by atoms with Crippen LogP contribution in [0.25, 0.3) is 0 Å². The summed E-state index contributed by atoms with van der Waals surface area (Å²) in [6.07, 6.45) is 0. The smallest absolute Gasteiger partial charge is 0.0254 e. The van der Waals surface area contributed by atoms with Gasteiger partial charge in [0.05, 0.1) is 0 Å². The summed E-state index contributed by atoms with van der Waals surface area (Å²) in [6, 6.07) is 18.1. The summed E-state index contributed by atoms with van der Waals surface area (Å²) in [5, 5.41) is 3.09. The van der Waals surface area contributed by atoms with E-state index in [4.69, 9.17) is 0 Å². The summed E-state index contributed by atoms with van der Waals surface area (Å²) < 4.78 is 1.09. The van der Waals surface area contributed by atoms with Gasteiger partial charge in [0.1, 0.15) is 0 Å². The minimum absolute atomic E-state index is 1.05. The van der Waals surface area contributed by atoms with Crippen molar-refractivity contribution >= 4 is 27.7 Å². The van der Waals surface area contributed by atoms with Crippen LogP contribution in [0, 0.1) is 11.2 Å². The Balaban J connectivity index is 2.03. The fourth-order valence-corrected chi connectivity index (χ4v) is 1.99. The van der Waals surface area contributed by atoms with Gasteiger partial charge >= 0.3 is 0 Å². The van der Waals surface area contributed by atoms with Gasteiger partial charge in [0.2, 0.25) is 0 Å². The van der Waals surface area contributed by atoms with Crippen LogP contribution in [0.5, 0.6) is 0 Å². The third-order valence-corrected chi connectivity index (χ3v) is 3.19. The highest BCUT2D eigenvalue weighted by Crippen LogP contribution is 2.19. The van der Waals surface area contributed by atoms with Crippen LogP contribution in [0.15, 0.2) is 64.0 Å². The Labute approximate surface area is 108 Å². The number of halogens is 1. The summed E-state index contributed by atoms with van der Waals surface area (Å²) in [7, 11) is 0. The van der Waals surface area contributed by atoms with Crippen molar-refractivity contribution in [2.75, 3.05) is 0 Å². The van der Waals surface area contributed by atoms with Gasteiger partial charge in [-0.05, 0) is 53.4 Å². The van der Waals surface area contributed by atoms with Gasteiger partial charge in [-0.2, -0.15) is 0 Å². The van der Waals surface area contributed by atoms with Gasteiger partial charge in [0, 0.05) is 14.9 Å². The van der Waals surface area contributed by atoms with Gasteiger partial charge in [-0.1, -0.05) is 40.0 Å². The third-order valence-electron chi connectivity index (χ3n) is 1.95. The lowest BCUT2D eigenvalue weighted by Crippen LogP contribution is -1.70. The first kappa shape index (κ1) is 11.3. The second-order valence-electron chi connectivity index (χ2n) is 3.15. The van der Waals surface area contributed by atoms with E-state index < -0.39 is 0 Å². The van der Waals surface area contributed by atoms with Crippen LogP contribution in [0.1, 0.15) is 5.56 Å². The van der Waals surface area contributed by atoms with Crippen LogP contribution in [0.4, 0.5) is 0 Å². The molecule has 78 valence electrons. The normalized spacial score (nSPS) is 9.31. The van der Waals surface area contributed by atoms with E-state index in [-0.39, 0.29) is 0 Å². The summed E-state index contributed by atoms with van der Waals surface area (Å²) >= 11 is 4.95. The maximum atomic E-state index is 3.41. The molecule has 0 aliphatic heterocycles. The number of benzene rings is 2. The van der Waals surface area contributed by atoms with E-state index in [9.17, 15) is 0 Å². The molecule has 2 rings (SSSR count). The lowest BCUT2D eigenvalue weighted by molar-refractivity contribution is 1.45. The summed E-state index contributed by atoms with van der Waals surface area (Å²) in [5.74, 6) is 3.11. The van der Waals surface area contributed by atoms with Crippen molar-refractivity contribution in [2.24, 2.45) is 0 Å². The molecular formula is C14H9BrS. The number of rotatable bonds is 1. The first-order valence-electron chi connectivity index (χ1n) is 4.83. The minimum Gasteiger partial charge on any atom is -0.0622 e. The SMILES string of the molecule is Brc1ccc(SC#Cc2ccccc2)cc1. The fourth-order valence-electron chi connectivity index (χ4n) is 1.17. The molecule has 0 radical (unpaired) electrons. The van der Waals surface area contributed by atoms with Gasteiger partial charge < -0.3 is 0 Å². The quantitative estimate of drug-likeness (QED) is 0.548. The Morgan fingerprint density at radius 2 is 1.56 bits per heavy atom. The molecule has 0 fully saturated rings. The van der Waals surface area contributed by atoms with Crippen LogP contribution in [-0.4, -0.2) is 0 Å². The fraction of sp³-hybridized carbons (Fsp3) is 0. The van der Waals surface area contributed by atoms with E-state index in [1.807, 2.05) is 42.5 Å². The van der Waals surface area contributed by atoms with Crippen LogP contribution < -0.4 is 0 Å². The van der Waals surface area contributed by atoms with Crippen molar-refractivity contribution in [3.05, 3.63) is 64.6 Å². The summed E-state index contributed by atoms with van der Waals surface area (Å²) in [5.41, 5.74) is 1.05. The molecule has 0 N–H and O–H groups in total.